The van der Waals surface area contributed by atoms with Crippen LogP contribution in [0.1, 0.15) is 64.5 Å². The Bertz CT molecular complexity index is 732. The van der Waals surface area contributed by atoms with E-state index in [1.54, 1.807) is 0 Å². The van der Waals surface area contributed by atoms with Crippen LogP contribution >= 0.6 is 0 Å². The van der Waals surface area contributed by atoms with Gasteiger partial charge in [-0.1, -0.05) is 102 Å². The molecule has 0 aliphatic heterocycles. The van der Waals surface area contributed by atoms with E-state index < -0.39 is 0 Å². The first-order valence-corrected chi connectivity index (χ1v) is 9.92. The number of benzene rings is 2. The molecule has 0 saturated carbocycles. The van der Waals surface area contributed by atoms with E-state index in [1.165, 1.54) is 0 Å². The minimum atomic E-state index is -0.343. The average molecular weight is 379 g/mol. The molecule has 2 nitrogen and oxygen atoms in total. The number of hydrogen-bond donors (Lipinski definition) is 2. The molecule has 0 aliphatic carbocycles. The molecule has 0 aromatic heterocycles. The first kappa shape index (κ1) is 21.8. The summed E-state index contributed by atoms with van der Waals surface area (Å²) in [6.45, 7) is 12.0. The topological polar surface area (TPSA) is 40.5 Å². The van der Waals surface area contributed by atoms with Crippen LogP contribution in [0, 0.1) is 10.8 Å². The lowest BCUT2D eigenvalue weighted by atomic mass is 9.77. The molecule has 2 atom stereocenters. The number of allylic oxidation sites excluding steroid dienone is 4. The van der Waals surface area contributed by atoms with E-state index in [2.05, 4.69) is 24.3 Å². The van der Waals surface area contributed by atoms with Gasteiger partial charge in [0.1, 0.15) is 0 Å². The summed E-state index contributed by atoms with van der Waals surface area (Å²) in [5, 5.41) is 21.6. The van der Waals surface area contributed by atoms with Gasteiger partial charge in [-0.3, -0.25) is 0 Å². The third-order valence-electron chi connectivity index (χ3n) is 4.97. The summed E-state index contributed by atoms with van der Waals surface area (Å²) in [4.78, 5) is 0. The van der Waals surface area contributed by atoms with Crippen LogP contribution in [0.25, 0.3) is 0 Å². The molecule has 0 saturated heterocycles. The lowest BCUT2D eigenvalue weighted by molar-refractivity contribution is 0.269. The average Bonchev–Trinajstić information content (AvgIpc) is 2.64. The molecule has 0 bridgehead atoms. The van der Waals surface area contributed by atoms with Crippen LogP contribution in [-0.2, 0) is 0 Å². The Balaban J connectivity index is 2.68. The maximum Gasteiger partial charge on any atom is 0.0942 e. The number of rotatable bonds is 5. The van der Waals surface area contributed by atoms with Crippen molar-refractivity contribution in [3.63, 3.8) is 0 Å². The third kappa shape index (κ3) is 5.76. The molecular formula is C26H34O2. The Morgan fingerprint density at radius 3 is 1.14 bits per heavy atom. The second kappa shape index (κ2) is 8.68. The van der Waals surface area contributed by atoms with Crippen molar-refractivity contribution in [1.29, 1.82) is 0 Å². The van der Waals surface area contributed by atoms with Crippen molar-refractivity contribution in [2.75, 3.05) is 0 Å². The van der Waals surface area contributed by atoms with Crippen LogP contribution in [-0.4, -0.2) is 10.2 Å². The highest BCUT2D eigenvalue weighted by Crippen LogP contribution is 2.40. The summed E-state index contributed by atoms with van der Waals surface area (Å²) in [6.07, 6.45) is 3.89. The Labute approximate surface area is 170 Å². The van der Waals surface area contributed by atoms with Gasteiger partial charge in [-0.05, 0) is 23.3 Å². The molecule has 0 aliphatic rings. The second-order valence-electron chi connectivity index (χ2n) is 9.48. The SMILES string of the molecule is CC(C)(C)C(O)=CC(c1ccccc1)C(C=C(O)C(C)(C)C)c1ccccc1. The fourth-order valence-electron chi connectivity index (χ4n) is 3.01. The molecular weight excluding hydrogens is 344 g/mol. The highest BCUT2D eigenvalue weighted by molar-refractivity contribution is 5.37. The quantitative estimate of drug-likeness (QED) is 0.528. The summed E-state index contributed by atoms with van der Waals surface area (Å²) in [5.74, 6) is 0.497. The van der Waals surface area contributed by atoms with Gasteiger partial charge in [0.05, 0.1) is 11.5 Å². The predicted octanol–water partition coefficient (Wildman–Crippen LogP) is 7.53. The zero-order chi connectivity index (χ0) is 20.9. The van der Waals surface area contributed by atoms with Gasteiger partial charge in [0, 0.05) is 22.7 Å². The predicted molar refractivity (Wildman–Crippen MR) is 119 cm³/mol. The second-order valence-corrected chi connectivity index (χ2v) is 9.48. The zero-order valence-electron chi connectivity index (χ0n) is 18.0. The van der Waals surface area contributed by atoms with Crippen molar-refractivity contribution in [2.45, 2.75) is 53.4 Å². The first-order chi connectivity index (χ1) is 13.0. The molecule has 2 aromatic rings. The van der Waals surface area contributed by atoms with E-state index in [-0.39, 0.29) is 22.7 Å². The maximum absolute atomic E-state index is 10.8. The Hall–Kier alpha value is -2.48. The number of aliphatic hydroxyl groups is 2. The van der Waals surface area contributed by atoms with Crippen molar-refractivity contribution in [1.82, 2.24) is 0 Å². The summed E-state index contributed by atoms with van der Waals surface area (Å²) in [6, 6.07) is 20.4. The van der Waals surface area contributed by atoms with Crippen LogP contribution in [0.3, 0.4) is 0 Å². The molecule has 2 unspecified atom stereocenters. The van der Waals surface area contributed by atoms with Crippen molar-refractivity contribution < 1.29 is 10.2 Å². The summed E-state index contributed by atoms with van der Waals surface area (Å²) < 4.78 is 0. The fraction of sp³-hybridized carbons (Fsp3) is 0.385. The largest absolute Gasteiger partial charge is 0.512 e. The Morgan fingerprint density at radius 1 is 0.607 bits per heavy atom. The van der Waals surface area contributed by atoms with Gasteiger partial charge in [0.2, 0.25) is 0 Å². The normalized spacial score (nSPS) is 15.9. The summed E-state index contributed by atoms with van der Waals surface area (Å²) in [7, 11) is 0. The van der Waals surface area contributed by atoms with Gasteiger partial charge >= 0.3 is 0 Å². The van der Waals surface area contributed by atoms with Crippen molar-refractivity contribution in [2.24, 2.45) is 10.8 Å². The van der Waals surface area contributed by atoms with Gasteiger partial charge in [0.15, 0.2) is 0 Å². The standard InChI is InChI=1S/C26H34O2/c1-25(2,3)23(27)17-21(19-13-9-7-10-14-19)22(18-24(28)26(4,5)6)20-15-11-8-12-16-20/h7-18,21-22,27-28H,1-6H3. The molecule has 0 heterocycles. The molecule has 2 aromatic carbocycles. The van der Waals surface area contributed by atoms with E-state index in [4.69, 9.17) is 0 Å². The molecule has 2 rings (SSSR count). The summed E-state index contributed by atoms with van der Waals surface area (Å²) >= 11 is 0. The van der Waals surface area contributed by atoms with Crippen LogP contribution in [0.4, 0.5) is 0 Å². The monoisotopic (exact) mass is 378 g/mol. The smallest absolute Gasteiger partial charge is 0.0942 e. The Kier molecular flexibility index (Phi) is 6.77. The van der Waals surface area contributed by atoms with E-state index in [0.29, 0.717) is 11.5 Å². The minimum absolute atomic E-state index is 0.104. The lowest BCUT2D eigenvalue weighted by Gasteiger charge is -2.28. The molecule has 150 valence electrons. The van der Waals surface area contributed by atoms with Gasteiger partial charge in [-0.2, -0.15) is 0 Å². The van der Waals surface area contributed by atoms with Crippen molar-refractivity contribution in [3.05, 3.63) is 95.5 Å². The highest BCUT2D eigenvalue weighted by Gasteiger charge is 2.27. The number of aliphatic hydroxyl groups excluding tert-OH is 2. The zero-order valence-corrected chi connectivity index (χ0v) is 18.0. The van der Waals surface area contributed by atoms with Crippen LogP contribution in [0.2, 0.25) is 0 Å². The van der Waals surface area contributed by atoms with Crippen molar-refractivity contribution >= 4 is 0 Å². The Morgan fingerprint density at radius 2 is 0.893 bits per heavy atom. The maximum atomic E-state index is 10.8. The van der Waals surface area contributed by atoms with Gasteiger partial charge in [-0.25, -0.2) is 0 Å². The molecule has 2 N–H and O–H groups in total. The van der Waals surface area contributed by atoms with Crippen LogP contribution in [0.15, 0.2) is 84.3 Å². The lowest BCUT2D eigenvalue weighted by Crippen LogP contribution is -2.16. The minimum Gasteiger partial charge on any atom is -0.512 e. The van der Waals surface area contributed by atoms with Gasteiger partial charge < -0.3 is 10.2 Å². The molecule has 0 radical (unpaired) electrons. The van der Waals surface area contributed by atoms with Crippen LogP contribution in [0.5, 0.6) is 0 Å². The highest BCUT2D eigenvalue weighted by atomic mass is 16.3. The number of hydrogen-bond acceptors (Lipinski definition) is 2. The fourth-order valence-corrected chi connectivity index (χ4v) is 3.01. The van der Waals surface area contributed by atoms with E-state index in [1.807, 2.05) is 90.1 Å². The van der Waals surface area contributed by atoms with E-state index >= 15 is 0 Å². The molecule has 0 fully saturated rings. The van der Waals surface area contributed by atoms with E-state index in [0.717, 1.165) is 11.1 Å². The van der Waals surface area contributed by atoms with Crippen LogP contribution < -0.4 is 0 Å². The molecule has 0 amide bonds. The first-order valence-electron chi connectivity index (χ1n) is 9.92. The molecule has 0 spiro atoms. The summed E-state index contributed by atoms with van der Waals surface area (Å²) in [5.41, 5.74) is 1.52. The van der Waals surface area contributed by atoms with Gasteiger partial charge in [0.25, 0.3) is 0 Å². The van der Waals surface area contributed by atoms with Gasteiger partial charge in [-0.15, -0.1) is 0 Å². The van der Waals surface area contributed by atoms with E-state index in [9.17, 15) is 10.2 Å². The third-order valence-corrected chi connectivity index (χ3v) is 4.97. The molecule has 2 heteroatoms. The molecule has 28 heavy (non-hydrogen) atoms. The van der Waals surface area contributed by atoms with Crippen molar-refractivity contribution in [3.8, 4) is 0 Å².